The van der Waals surface area contributed by atoms with Crippen LogP contribution in [-0.4, -0.2) is 27.1 Å². The Morgan fingerprint density at radius 2 is 1.92 bits per heavy atom. The summed E-state index contributed by atoms with van der Waals surface area (Å²) < 4.78 is 12.5. The van der Waals surface area contributed by atoms with Crippen molar-refractivity contribution >= 4 is 13.3 Å². The van der Waals surface area contributed by atoms with Gasteiger partial charge >= 0.3 is 5.97 Å². The number of hydrogen-bond acceptors (Lipinski definition) is 3. The SMILES string of the molecule is CC(CC(CP(=O)(O)Cc1ccccc1)C(=O)O)c1cccnc1. The number of carboxylic acids is 1. The third-order valence-corrected chi connectivity index (χ3v) is 5.89. The Balaban J connectivity index is 2.05. The number of rotatable bonds is 8. The van der Waals surface area contributed by atoms with E-state index in [9.17, 15) is 19.4 Å². The zero-order chi connectivity index (χ0) is 17.6. The van der Waals surface area contributed by atoms with Gasteiger partial charge in [-0.3, -0.25) is 14.3 Å². The molecule has 1 aromatic heterocycles. The van der Waals surface area contributed by atoms with Crippen molar-refractivity contribution < 1.29 is 19.4 Å². The Bertz CT molecular complexity index is 705. The normalized spacial score (nSPS) is 16.1. The molecule has 3 unspecified atom stereocenters. The topological polar surface area (TPSA) is 87.5 Å². The third kappa shape index (κ3) is 5.59. The number of aromatic nitrogens is 1. The van der Waals surface area contributed by atoms with E-state index in [-0.39, 0.29) is 18.2 Å². The van der Waals surface area contributed by atoms with Gasteiger partial charge in [-0.15, -0.1) is 0 Å². The molecular weight excluding hydrogens is 325 g/mol. The van der Waals surface area contributed by atoms with Crippen LogP contribution in [0.2, 0.25) is 0 Å². The summed E-state index contributed by atoms with van der Waals surface area (Å²) in [5.74, 6) is -1.94. The van der Waals surface area contributed by atoms with Crippen molar-refractivity contribution in [2.75, 3.05) is 6.16 Å². The zero-order valence-corrected chi connectivity index (χ0v) is 14.5. The van der Waals surface area contributed by atoms with Crippen LogP contribution in [0.1, 0.15) is 30.4 Å². The van der Waals surface area contributed by atoms with Crippen LogP contribution < -0.4 is 0 Å². The van der Waals surface area contributed by atoms with Crippen molar-refractivity contribution in [3.05, 3.63) is 66.0 Å². The van der Waals surface area contributed by atoms with Crippen LogP contribution >= 0.6 is 7.37 Å². The number of carbonyl (C=O) groups is 1. The first-order chi connectivity index (χ1) is 11.4. The Kier molecular flexibility index (Phi) is 6.29. The van der Waals surface area contributed by atoms with Gasteiger partial charge in [0.25, 0.3) is 0 Å². The minimum absolute atomic E-state index is 0.00110. The van der Waals surface area contributed by atoms with Gasteiger partial charge in [0.1, 0.15) is 0 Å². The smallest absolute Gasteiger partial charge is 0.307 e. The molecule has 1 aromatic carbocycles. The van der Waals surface area contributed by atoms with Crippen LogP contribution in [0.3, 0.4) is 0 Å². The highest BCUT2D eigenvalue weighted by atomic mass is 31.2. The average Bonchev–Trinajstić information content (AvgIpc) is 2.55. The van der Waals surface area contributed by atoms with E-state index in [1.165, 1.54) is 0 Å². The van der Waals surface area contributed by atoms with Gasteiger partial charge in [-0.05, 0) is 29.5 Å². The highest BCUT2D eigenvalue weighted by Crippen LogP contribution is 2.47. The summed E-state index contributed by atoms with van der Waals surface area (Å²) in [7, 11) is -3.57. The van der Waals surface area contributed by atoms with E-state index in [1.807, 2.05) is 19.1 Å². The molecule has 0 radical (unpaired) electrons. The Hall–Kier alpha value is -1.97. The first-order valence-corrected chi connectivity index (χ1v) is 9.88. The molecule has 0 saturated heterocycles. The van der Waals surface area contributed by atoms with Gasteiger partial charge < -0.3 is 10.00 Å². The van der Waals surface area contributed by atoms with Crippen LogP contribution in [0.5, 0.6) is 0 Å². The van der Waals surface area contributed by atoms with E-state index in [2.05, 4.69) is 4.98 Å². The molecule has 0 aliphatic rings. The molecule has 5 nitrogen and oxygen atoms in total. The standard InChI is InChI=1S/C18H22NO4P/c1-14(16-8-5-9-19-11-16)10-17(18(20)21)13-24(22,23)12-15-6-3-2-4-7-15/h2-9,11,14,17H,10,12-13H2,1H3,(H,20,21)(H,22,23). The number of carboxylic acid groups (broad SMARTS) is 1. The zero-order valence-electron chi connectivity index (χ0n) is 13.6. The largest absolute Gasteiger partial charge is 0.481 e. The van der Waals surface area contributed by atoms with Crippen molar-refractivity contribution in [1.29, 1.82) is 0 Å². The molecule has 0 aliphatic heterocycles. The van der Waals surface area contributed by atoms with Crippen molar-refractivity contribution in [2.45, 2.75) is 25.4 Å². The molecule has 0 aliphatic carbocycles. The highest BCUT2D eigenvalue weighted by molar-refractivity contribution is 7.57. The van der Waals surface area contributed by atoms with Crippen LogP contribution in [-0.2, 0) is 15.5 Å². The second-order valence-corrected chi connectivity index (χ2v) is 8.50. The molecule has 2 N–H and O–H groups in total. The number of benzene rings is 1. The number of aliphatic carboxylic acids is 1. The summed E-state index contributed by atoms with van der Waals surface area (Å²) >= 11 is 0. The molecule has 24 heavy (non-hydrogen) atoms. The minimum Gasteiger partial charge on any atom is -0.481 e. The summed E-state index contributed by atoms with van der Waals surface area (Å²) in [5, 5.41) is 9.45. The molecule has 0 fully saturated rings. The lowest BCUT2D eigenvalue weighted by Crippen LogP contribution is -2.21. The van der Waals surface area contributed by atoms with Gasteiger partial charge in [-0.2, -0.15) is 0 Å². The van der Waals surface area contributed by atoms with E-state index >= 15 is 0 Å². The molecule has 0 bridgehead atoms. The van der Waals surface area contributed by atoms with E-state index in [1.54, 1.807) is 42.7 Å². The monoisotopic (exact) mass is 347 g/mol. The van der Waals surface area contributed by atoms with Gasteiger partial charge in [0, 0.05) is 24.7 Å². The summed E-state index contributed by atoms with van der Waals surface area (Å²) in [6.07, 6.45) is 3.44. The second-order valence-electron chi connectivity index (χ2n) is 6.13. The fourth-order valence-corrected chi connectivity index (χ4v) is 4.67. The summed E-state index contributed by atoms with van der Waals surface area (Å²) in [6.45, 7) is 1.91. The van der Waals surface area contributed by atoms with Gasteiger partial charge in [0.15, 0.2) is 0 Å². The number of hydrogen-bond donors (Lipinski definition) is 2. The molecule has 2 aromatic rings. The quantitative estimate of drug-likeness (QED) is 0.710. The molecule has 0 amide bonds. The van der Waals surface area contributed by atoms with E-state index in [0.29, 0.717) is 6.42 Å². The van der Waals surface area contributed by atoms with Crippen LogP contribution in [0.25, 0.3) is 0 Å². The average molecular weight is 347 g/mol. The van der Waals surface area contributed by atoms with Crippen LogP contribution in [0.4, 0.5) is 0 Å². The van der Waals surface area contributed by atoms with Crippen molar-refractivity contribution in [2.24, 2.45) is 5.92 Å². The fourth-order valence-electron chi connectivity index (χ4n) is 2.76. The van der Waals surface area contributed by atoms with Crippen LogP contribution in [0.15, 0.2) is 54.9 Å². The maximum Gasteiger partial charge on any atom is 0.307 e. The number of pyridine rings is 1. The van der Waals surface area contributed by atoms with E-state index in [0.717, 1.165) is 11.1 Å². The predicted molar refractivity (Wildman–Crippen MR) is 93.2 cm³/mol. The molecule has 3 atom stereocenters. The molecular formula is C18H22NO4P. The second kappa shape index (κ2) is 8.22. The van der Waals surface area contributed by atoms with Crippen LogP contribution in [0, 0.1) is 5.92 Å². The Morgan fingerprint density at radius 3 is 2.50 bits per heavy atom. The van der Waals surface area contributed by atoms with Crippen molar-refractivity contribution in [1.82, 2.24) is 4.98 Å². The van der Waals surface area contributed by atoms with Crippen molar-refractivity contribution in [3.63, 3.8) is 0 Å². The first kappa shape index (κ1) is 18.4. The molecule has 6 heteroatoms. The highest BCUT2D eigenvalue weighted by Gasteiger charge is 2.30. The van der Waals surface area contributed by atoms with Gasteiger partial charge in [0.2, 0.25) is 7.37 Å². The lowest BCUT2D eigenvalue weighted by atomic mass is 9.92. The molecule has 0 spiro atoms. The maximum atomic E-state index is 12.5. The lowest BCUT2D eigenvalue weighted by Gasteiger charge is -2.20. The van der Waals surface area contributed by atoms with E-state index < -0.39 is 19.3 Å². The van der Waals surface area contributed by atoms with Crippen molar-refractivity contribution in [3.8, 4) is 0 Å². The first-order valence-electron chi connectivity index (χ1n) is 7.85. The molecule has 1 heterocycles. The fraction of sp³-hybridized carbons (Fsp3) is 0.333. The Labute approximate surface area is 141 Å². The Morgan fingerprint density at radius 1 is 1.21 bits per heavy atom. The summed E-state index contributed by atoms with van der Waals surface area (Å²) in [5.41, 5.74) is 1.67. The van der Waals surface area contributed by atoms with Gasteiger partial charge in [-0.1, -0.05) is 43.3 Å². The van der Waals surface area contributed by atoms with E-state index in [4.69, 9.17) is 0 Å². The minimum atomic E-state index is -3.57. The third-order valence-electron chi connectivity index (χ3n) is 4.02. The van der Waals surface area contributed by atoms with Gasteiger partial charge in [0.05, 0.1) is 5.92 Å². The summed E-state index contributed by atoms with van der Waals surface area (Å²) in [6, 6.07) is 12.7. The maximum absolute atomic E-state index is 12.5. The molecule has 0 saturated carbocycles. The lowest BCUT2D eigenvalue weighted by molar-refractivity contribution is -0.141. The number of nitrogens with zero attached hydrogens (tertiary/aromatic N) is 1. The summed E-state index contributed by atoms with van der Waals surface area (Å²) in [4.78, 5) is 25.8. The molecule has 2 rings (SSSR count). The van der Waals surface area contributed by atoms with Gasteiger partial charge in [-0.25, -0.2) is 0 Å². The predicted octanol–water partition coefficient (Wildman–Crippen LogP) is 3.75. The molecule has 128 valence electrons.